The average Bonchev–Trinajstić information content (AvgIpc) is 2.94. The van der Waals surface area contributed by atoms with Crippen LogP contribution in [0.2, 0.25) is 0 Å². The van der Waals surface area contributed by atoms with Crippen molar-refractivity contribution in [2.45, 2.75) is 38.8 Å². The van der Waals surface area contributed by atoms with Crippen molar-refractivity contribution in [2.75, 3.05) is 18.9 Å². The fourth-order valence-corrected chi connectivity index (χ4v) is 3.33. The number of nitrogens with zero attached hydrogens (tertiary/aromatic N) is 1. The lowest BCUT2D eigenvalue weighted by molar-refractivity contribution is -0.138. The van der Waals surface area contributed by atoms with Gasteiger partial charge in [0.05, 0.1) is 12.0 Å². The number of nitrogens with two attached hydrogens (primary N) is 1. The Labute approximate surface area is 119 Å². The highest BCUT2D eigenvalue weighted by atomic mass is 16.5. The Kier molecular flexibility index (Phi) is 3.66. The summed E-state index contributed by atoms with van der Waals surface area (Å²) in [6, 6.07) is 6.02. The van der Waals surface area contributed by atoms with Gasteiger partial charge in [-0.25, -0.2) is 0 Å². The van der Waals surface area contributed by atoms with E-state index in [1.165, 1.54) is 11.1 Å². The normalized spacial score (nSPS) is 25.6. The van der Waals surface area contributed by atoms with Crippen LogP contribution in [0.3, 0.4) is 0 Å². The highest BCUT2D eigenvalue weighted by Crippen LogP contribution is 2.28. The lowest BCUT2D eigenvalue weighted by atomic mass is 9.94. The summed E-state index contributed by atoms with van der Waals surface area (Å²) in [5, 5.41) is 0. The maximum Gasteiger partial charge on any atom is 0.228 e. The second-order valence-corrected chi connectivity index (χ2v) is 5.75. The molecule has 2 N–H and O–H groups in total. The number of fused-ring (bicyclic) bond motifs is 1. The molecule has 2 aliphatic heterocycles. The van der Waals surface area contributed by atoms with Gasteiger partial charge in [0.15, 0.2) is 0 Å². The maximum absolute atomic E-state index is 12.7. The molecule has 4 nitrogen and oxygen atoms in total. The highest BCUT2D eigenvalue weighted by molar-refractivity contribution is 5.80. The van der Waals surface area contributed by atoms with Gasteiger partial charge >= 0.3 is 0 Å². The van der Waals surface area contributed by atoms with Gasteiger partial charge in [-0.2, -0.15) is 0 Å². The van der Waals surface area contributed by atoms with Crippen molar-refractivity contribution in [3.8, 4) is 0 Å². The summed E-state index contributed by atoms with van der Waals surface area (Å²) in [5.41, 5.74) is 9.13. The highest BCUT2D eigenvalue weighted by Gasteiger charge is 2.36. The zero-order valence-electron chi connectivity index (χ0n) is 12.0. The Morgan fingerprint density at radius 3 is 3.10 bits per heavy atom. The van der Waals surface area contributed by atoms with Gasteiger partial charge in [0, 0.05) is 25.4 Å². The predicted molar refractivity (Wildman–Crippen MR) is 78.1 cm³/mol. The molecular weight excluding hydrogens is 252 g/mol. The van der Waals surface area contributed by atoms with Gasteiger partial charge in [0.25, 0.3) is 0 Å². The number of carbonyl (C=O) groups is 1. The fraction of sp³-hybridized carbons (Fsp3) is 0.562. The fourth-order valence-electron chi connectivity index (χ4n) is 3.33. The molecule has 0 aromatic heterocycles. The molecule has 1 saturated heterocycles. The molecule has 0 saturated carbocycles. The molecular formula is C16H22N2O2. The monoisotopic (exact) mass is 274 g/mol. The van der Waals surface area contributed by atoms with Crippen LogP contribution >= 0.6 is 0 Å². The second kappa shape index (κ2) is 5.44. The molecule has 2 unspecified atom stereocenters. The van der Waals surface area contributed by atoms with Crippen molar-refractivity contribution >= 4 is 11.6 Å². The van der Waals surface area contributed by atoms with Gasteiger partial charge in [0.1, 0.15) is 0 Å². The van der Waals surface area contributed by atoms with E-state index in [4.69, 9.17) is 10.5 Å². The Balaban J connectivity index is 1.74. The standard InChI is InChI=1S/C16H22N2O2/c1-2-15-14(6-8-20-15)16(19)18-7-5-11-3-4-13(17)9-12(11)10-18/h3-4,9,14-15H,2,5-8,10,17H2,1H3. The summed E-state index contributed by atoms with van der Waals surface area (Å²) >= 11 is 0. The van der Waals surface area contributed by atoms with Gasteiger partial charge in [-0.15, -0.1) is 0 Å². The number of hydrogen-bond acceptors (Lipinski definition) is 3. The summed E-state index contributed by atoms with van der Waals surface area (Å²) in [7, 11) is 0. The quantitative estimate of drug-likeness (QED) is 0.839. The average molecular weight is 274 g/mol. The van der Waals surface area contributed by atoms with E-state index in [0.717, 1.165) is 31.5 Å². The van der Waals surface area contributed by atoms with E-state index < -0.39 is 0 Å². The zero-order valence-corrected chi connectivity index (χ0v) is 12.0. The van der Waals surface area contributed by atoms with Crippen LogP contribution in [0.25, 0.3) is 0 Å². The molecule has 0 aliphatic carbocycles. The van der Waals surface area contributed by atoms with E-state index in [9.17, 15) is 4.79 Å². The summed E-state index contributed by atoms with van der Waals surface area (Å²) in [4.78, 5) is 14.7. The van der Waals surface area contributed by atoms with Crippen LogP contribution in [0.4, 0.5) is 5.69 Å². The summed E-state index contributed by atoms with van der Waals surface area (Å²) in [6.45, 7) is 4.30. The first-order valence-electron chi connectivity index (χ1n) is 7.46. The van der Waals surface area contributed by atoms with Gasteiger partial charge < -0.3 is 15.4 Å². The molecule has 2 aliphatic rings. The SMILES string of the molecule is CCC1OCCC1C(=O)N1CCc2ccc(N)cc2C1. The molecule has 1 amide bonds. The van der Waals surface area contributed by atoms with Crippen LogP contribution in [0.1, 0.15) is 30.9 Å². The van der Waals surface area contributed by atoms with E-state index in [-0.39, 0.29) is 17.9 Å². The third kappa shape index (κ3) is 2.40. The number of rotatable bonds is 2. The van der Waals surface area contributed by atoms with E-state index in [2.05, 4.69) is 13.0 Å². The van der Waals surface area contributed by atoms with Gasteiger partial charge in [0.2, 0.25) is 5.91 Å². The molecule has 0 spiro atoms. The molecule has 3 rings (SSSR count). The maximum atomic E-state index is 12.7. The number of anilines is 1. The largest absolute Gasteiger partial charge is 0.399 e. The molecule has 2 heterocycles. The first-order chi connectivity index (χ1) is 9.69. The number of ether oxygens (including phenoxy) is 1. The van der Waals surface area contributed by atoms with Crippen molar-refractivity contribution in [3.63, 3.8) is 0 Å². The van der Waals surface area contributed by atoms with Crippen molar-refractivity contribution in [3.05, 3.63) is 29.3 Å². The molecule has 20 heavy (non-hydrogen) atoms. The van der Waals surface area contributed by atoms with Crippen LogP contribution in [-0.4, -0.2) is 30.1 Å². The van der Waals surface area contributed by atoms with Crippen LogP contribution < -0.4 is 5.73 Å². The smallest absolute Gasteiger partial charge is 0.228 e. The lowest BCUT2D eigenvalue weighted by Gasteiger charge is -2.32. The summed E-state index contributed by atoms with van der Waals surface area (Å²) in [5.74, 6) is 0.296. The van der Waals surface area contributed by atoms with Crippen LogP contribution in [0, 0.1) is 5.92 Å². The van der Waals surface area contributed by atoms with E-state index in [1.54, 1.807) is 0 Å². The molecule has 0 bridgehead atoms. The van der Waals surface area contributed by atoms with Crippen LogP contribution in [0.5, 0.6) is 0 Å². The Bertz CT molecular complexity index is 515. The lowest BCUT2D eigenvalue weighted by Crippen LogP contribution is -2.42. The molecule has 108 valence electrons. The minimum atomic E-state index is 0.0441. The Hall–Kier alpha value is -1.55. The number of amides is 1. The minimum Gasteiger partial charge on any atom is -0.399 e. The van der Waals surface area contributed by atoms with Crippen molar-refractivity contribution in [1.29, 1.82) is 0 Å². The molecule has 2 atom stereocenters. The van der Waals surface area contributed by atoms with Crippen LogP contribution in [0.15, 0.2) is 18.2 Å². The number of carbonyl (C=O) groups excluding carboxylic acids is 1. The number of hydrogen-bond donors (Lipinski definition) is 1. The molecule has 1 fully saturated rings. The molecule has 0 radical (unpaired) electrons. The van der Waals surface area contributed by atoms with Crippen molar-refractivity contribution in [1.82, 2.24) is 4.90 Å². The molecule has 1 aromatic rings. The van der Waals surface area contributed by atoms with E-state index in [1.807, 2.05) is 17.0 Å². The zero-order chi connectivity index (χ0) is 14.1. The Morgan fingerprint density at radius 2 is 2.30 bits per heavy atom. The second-order valence-electron chi connectivity index (χ2n) is 5.75. The Morgan fingerprint density at radius 1 is 1.45 bits per heavy atom. The summed E-state index contributed by atoms with van der Waals surface area (Å²) in [6.07, 6.45) is 2.79. The van der Waals surface area contributed by atoms with Crippen molar-refractivity contribution < 1.29 is 9.53 Å². The number of nitrogen functional groups attached to an aromatic ring is 1. The molecule has 4 heteroatoms. The van der Waals surface area contributed by atoms with Gasteiger partial charge in [-0.05, 0) is 42.5 Å². The predicted octanol–water partition coefficient (Wildman–Crippen LogP) is 1.97. The molecule has 1 aromatic carbocycles. The summed E-state index contributed by atoms with van der Waals surface area (Å²) < 4.78 is 5.65. The first-order valence-corrected chi connectivity index (χ1v) is 7.46. The van der Waals surface area contributed by atoms with E-state index >= 15 is 0 Å². The number of benzene rings is 1. The first kappa shape index (κ1) is 13.4. The topological polar surface area (TPSA) is 55.6 Å². The minimum absolute atomic E-state index is 0.0441. The van der Waals surface area contributed by atoms with Gasteiger partial charge in [-0.3, -0.25) is 4.79 Å². The van der Waals surface area contributed by atoms with E-state index in [0.29, 0.717) is 13.2 Å². The third-order valence-electron chi connectivity index (χ3n) is 4.48. The van der Waals surface area contributed by atoms with Gasteiger partial charge in [-0.1, -0.05) is 13.0 Å². The van der Waals surface area contributed by atoms with Crippen LogP contribution in [-0.2, 0) is 22.5 Å². The third-order valence-corrected chi connectivity index (χ3v) is 4.48. The van der Waals surface area contributed by atoms with Crippen molar-refractivity contribution in [2.24, 2.45) is 5.92 Å².